The molecule has 0 radical (unpaired) electrons. The predicted octanol–water partition coefficient (Wildman–Crippen LogP) is 3.96. The Balaban J connectivity index is 1.14. The van der Waals surface area contributed by atoms with Crippen molar-refractivity contribution in [3.63, 3.8) is 0 Å². The van der Waals surface area contributed by atoms with E-state index in [1.807, 2.05) is 41.3 Å². The molecule has 3 aromatic rings. The lowest BCUT2D eigenvalue weighted by atomic mass is 9.96. The van der Waals surface area contributed by atoms with E-state index < -0.39 is 0 Å². The van der Waals surface area contributed by atoms with E-state index in [1.54, 1.807) is 7.11 Å². The average Bonchev–Trinajstić information content (AvgIpc) is 3.37. The van der Waals surface area contributed by atoms with Crippen molar-refractivity contribution in [2.45, 2.75) is 19.4 Å². The monoisotopic (exact) mass is 495 g/mol. The van der Waals surface area contributed by atoms with Gasteiger partial charge in [0.2, 0.25) is 17.6 Å². The molecule has 0 spiro atoms. The summed E-state index contributed by atoms with van der Waals surface area (Å²) in [6, 6.07) is 15.5. The molecular formula is C26H30ClN5O3. The summed E-state index contributed by atoms with van der Waals surface area (Å²) >= 11 is 5.97. The fourth-order valence-corrected chi connectivity index (χ4v) is 4.99. The number of carbonyl (C=O) groups excluding carboxylic acids is 1. The van der Waals surface area contributed by atoms with E-state index in [2.05, 4.69) is 32.1 Å². The maximum absolute atomic E-state index is 13.3. The number of carbonyl (C=O) groups is 1. The van der Waals surface area contributed by atoms with Crippen LogP contribution in [0, 0.1) is 5.92 Å². The summed E-state index contributed by atoms with van der Waals surface area (Å²) < 4.78 is 10.7. The van der Waals surface area contributed by atoms with Crippen molar-refractivity contribution in [1.29, 1.82) is 0 Å². The third kappa shape index (κ3) is 5.60. The highest BCUT2D eigenvalue weighted by Crippen LogP contribution is 2.25. The number of piperazine rings is 1. The van der Waals surface area contributed by atoms with E-state index >= 15 is 0 Å². The molecule has 2 aromatic carbocycles. The van der Waals surface area contributed by atoms with Crippen molar-refractivity contribution in [3.05, 3.63) is 59.4 Å². The zero-order chi connectivity index (χ0) is 24.2. The van der Waals surface area contributed by atoms with Crippen LogP contribution in [0.15, 0.2) is 53.1 Å². The number of ether oxygens (including phenoxy) is 1. The van der Waals surface area contributed by atoms with Gasteiger partial charge < -0.3 is 19.1 Å². The SMILES string of the molecule is COc1ccc(N2CCN(C(=O)C3CCCN(Cc4nc(-c5ccc(Cl)cc5)no4)C3)CC2)cc1. The maximum Gasteiger partial charge on any atom is 0.241 e. The van der Waals surface area contributed by atoms with E-state index in [0.29, 0.717) is 23.3 Å². The standard InChI is InChI=1S/C26H30ClN5O3/c1-34-23-10-8-22(9-11-23)31-13-15-32(16-14-31)26(33)20-3-2-12-30(17-20)18-24-28-25(29-35-24)19-4-6-21(27)7-5-19/h4-11,20H,2-3,12-18H2,1H3. The lowest BCUT2D eigenvalue weighted by Crippen LogP contribution is -2.52. The van der Waals surface area contributed by atoms with Crippen LogP contribution in [-0.4, -0.2) is 72.2 Å². The van der Waals surface area contributed by atoms with Crippen molar-refractivity contribution in [2.24, 2.45) is 5.92 Å². The maximum atomic E-state index is 13.3. The predicted molar refractivity (Wildman–Crippen MR) is 135 cm³/mol. The first kappa shape index (κ1) is 23.6. The Bertz CT molecular complexity index is 1130. The van der Waals surface area contributed by atoms with Gasteiger partial charge >= 0.3 is 0 Å². The van der Waals surface area contributed by atoms with Crippen molar-refractivity contribution in [1.82, 2.24) is 19.9 Å². The number of anilines is 1. The summed E-state index contributed by atoms with van der Waals surface area (Å²) in [5, 5.41) is 4.78. The molecule has 0 N–H and O–H groups in total. The molecule has 5 rings (SSSR count). The molecule has 0 bridgehead atoms. The summed E-state index contributed by atoms with van der Waals surface area (Å²) in [6.45, 7) is 5.36. The highest BCUT2D eigenvalue weighted by Gasteiger charge is 2.31. The fourth-order valence-electron chi connectivity index (χ4n) is 4.86. The normalized spacial score (nSPS) is 19.1. The number of hydrogen-bond donors (Lipinski definition) is 0. The fraction of sp³-hybridized carbons (Fsp3) is 0.423. The van der Waals surface area contributed by atoms with Crippen molar-refractivity contribution in [3.8, 4) is 17.1 Å². The van der Waals surface area contributed by atoms with E-state index in [1.165, 1.54) is 5.69 Å². The van der Waals surface area contributed by atoms with Gasteiger partial charge in [-0.2, -0.15) is 4.98 Å². The van der Waals surface area contributed by atoms with Crippen LogP contribution in [-0.2, 0) is 11.3 Å². The van der Waals surface area contributed by atoms with Crippen LogP contribution >= 0.6 is 11.6 Å². The van der Waals surface area contributed by atoms with Gasteiger partial charge in [0.1, 0.15) is 5.75 Å². The number of methoxy groups -OCH3 is 1. The Labute approximate surface area is 210 Å². The van der Waals surface area contributed by atoms with E-state index in [0.717, 1.165) is 63.4 Å². The number of piperidine rings is 1. The Morgan fingerprint density at radius 2 is 1.80 bits per heavy atom. The number of halogens is 1. The highest BCUT2D eigenvalue weighted by atomic mass is 35.5. The average molecular weight is 496 g/mol. The first-order valence-corrected chi connectivity index (χ1v) is 12.5. The molecule has 1 aromatic heterocycles. The first-order chi connectivity index (χ1) is 17.1. The minimum atomic E-state index is 0.00921. The van der Waals surface area contributed by atoms with E-state index in [9.17, 15) is 4.79 Å². The van der Waals surface area contributed by atoms with Crippen molar-refractivity contribution in [2.75, 3.05) is 51.3 Å². The topological polar surface area (TPSA) is 74.9 Å². The largest absolute Gasteiger partial charge is 0.497 e. The molecule has 184 valence electrons. The van der Waals surface area contributed by atoms with E-state index in [-0.39, 0.29) is 11.8 Å². The molecule has 1 atom stereocenters. The minimum absolute atomic E-state index is 0.00921. The van der Waals surface area contributed by atoms with Gasteiger partial charge in [0.25, 0.3) is 0 Å². The molecule has 1 unspecified atom stereocenters. The molecule has 2 fully saturated rings. The lowest BCUT2D eigenvalue weighted by molar-refractivity contribution is -0.137. The van der Waals surface area contributed by atoms with Crippen LogP contribution in [0.25, 0.3) is 11.4 Å². The van der Waals surface area contributed by atoms with Gasteiger partial charge in [0, 0.05) is 49.0 Å². The second-order valence-corrected chi connectivity index (χ2v) is 9.54. The Morgan fingerprint density at radius 3 is 2.51 bits per heavy atom. The molecule has 3 heterocycles. The van der Waals surface area contributed by atoms with Gasteiger partial charge in [-0.3, -0.25) is 9.69 Å². The van der Waals surface area contributed by atoms with Gasteiger partial charge in [0.15, 0.2) is 0 Å². The lowest BCUT2D eigenvalue weighted by Gasteiger charge is -2.39. The number of rotatable bonds is 6. The van der Waals surface area contributed by atoms with Crippen LogP contribution < -0.4 is 9.64 Å². The quantitative estimate of drug-likeness (QED) is 0.512. The molecule has 1 amide bonds. The second kappa shape index (κ2) is 10.7. The summed E-state index contributed by atoms with van der Waals surface area (Å²) in [5.74, 6) is 2.24. The third-order valence-corrected chi connectivity index (χ3v) is 7.07. The summed E-state index contributed by atoms with van der Waals surface area (Å²) in [7, 11) is 1.67. The van der Waals surface area contributed by atoms with Crippen LogP contribution in [0.2, 0.25) is 5.02 Å². The molecule has 9 heteroatoms. The zero-order valence-electron chi connectivity index (χ0n) is 19.9. The molecular weight excluding hydrogens is 466 g/mol. The number of amides is 1. The minimum Gasteiger partial charge on any atom is -0.497 e. The first-order valence-electron chi connectivity index (χ1n) is 12.1. The molecule has 2 saturated heterocycles. The third-order valence-electron chi connectivity index (χ3n) is 6.81. The van der Waals surface area contributed by atoms with Gasteiger partial charge in [-0.1, -0.05) is 16.8 Å². The van der Waals surface area contributed by atoms with Gasteiger partial charge in [-0.05, 0) is 67.9 Å². The van der Waals surface area contributed by atoms with Gasteiger partial charge in [0.05, 0.1) is 19.6 Å². The Morgan fingerprint density at radius 1 is 1.06 bits per heavy atom. The second-order valence-electron chi connectivity index (χ2n) is 9.10. The van der Waals surface area contributed by atoms with Crippen LogP contribution in [0.5, 0.6) is 5.75 Å². The molecule has 35 heavy (non-hydrogen) atoms. The number of nitrogens with zero attached hydrogens (tertiary/aromatic N) is 5. The summed E-state index contributed by atoms with van der Waals surface area (Å²) in [4.78, 5) is 24.4. The van der Waals surface area contributed by atoms with Gasteiger partial charge in [-0.15, -0.1) is 0 Å². The van der Waals surface area contributed by atoms with Crippen molar-refractivity contribution >= 4 is 23.2 Å². The number of benzene rings is 2. The van der Waals surface area contributed by atoms with Crippen LogP contribution in [0.3, 0.4) is 0 Å². The molecule has 8 nitrogen and oxygen atoms in total. The molecule has 0 aliphatic carbocycles. The van der Waals surface area contributed by atoms with E-state index in [4.69, 9.17) is 20.9 Å². The van der Waals surface area contributed by atoms with Crippen LogP contribution in [0.1, 0.15) is 18.7 Å². The van der Waals surface area contributed by atoms with Crippen molar-refractivity contribution < 1.29 is 14.1 Å². The summed E-state index contributed by atoms with van der Waals surface area (Å²) in [5.41, 5.74) is 2.03. The van der Waals surface area contributed by atoms with Gasteiger partial charge in [-0.25, -0.2) is 0 Å². The Kier molecular flexibility index (Phi) is 7.20. The smallest absolute Gasteiger partial charge is 0.241 e. The highest BCUT2D eigenvalue weighted by molar-refractivity contribution is 6.30. The number of aromatic nitrogens is 2. The number of hydrogen-bond acceptors (Lipinski definition) is 7. The molecule has 2 aliphatic heterocycles. The zero-order valence-corrected chi connectivity index (χ0v) is 20.7. The molecule has 2 aliphatic rings. The Hall–Kier alpha value is -3.10. The molecule has 0 saturated carbocycles. The van der Waals surface area contributed by atoms with Crippen LogP contribution in [0.4, 0.5) is 5.69 Å². The number of likely N-dealkylation sites (tertiary alicyclic amines) is 1. The summed E-state index contributed by atoms with van der Waals surface area (Å²) in [6.07, 6.45) is 1.91.